The lowest BCUT2D eigenvalue weighted by Gasteiger charge is -2.00. The van der Waals surface area contributed by atoms with Gasteiger partial charge in [0.15, 0.2) is 0 Å². The van der Waals surface area contributed by atoms with Crippen LogP contribution < -0.4 is 5.32 Å². The summed E-state index contributed by atoms with van der Waals surface area (Å²) >= 11 is 2.57. The van der Waals surface area contributed by atoms with Crippen LogP contribution in [0.4, 0.5) is 5.00 Å². The average molecular weight is 349 g/mol. The molecule has 0 saturated heterocycles. The highest BCUT2D eigenvalue weighted by atomic mass is 32.1. The number of carbonyl (C=O) groups excluding carboxylic acids is 1. The smallest absolute Gasteiger partial charge is 0.336 e. The van der Waals surface area contributed by atoms with E-state index in [0.29, 0.717) is 9.88 Å². The van der Waals surface area contributed by atoms with E-state index in [1.165, 1.54) is 34.1 Å². The minimum absolute atomic E-state index is 0.174. The summed E-state index contributed by atoms with van der Waals surface area (Å²) in [6.45, 7) is 4.14. The van der Waals surface area contributed by atoms with Crippen molar-refractivity contribution < 1.29 is 14.7 Å². The normalized spacial score (nSPS) is 11.3. The minimum atomic E-state index is -1.00. The first-order chi connectivity index (χ1) is 10.9. The summed E-state index contributed by atoms with van der Waals surface area (Å²) in [5, 5.41) is 19.2. The lowest BCUT2D eigenvalue weighted by Crippen LogP contribution is -2.09. The van der Waals surface area contributed by atoms with E-state index in [2.05, 4.69) is 24.3 Å². The predicted molar refractivity (Wildman–Crippen MR) is 91.9 cm³/mol. The number of amides is 1. The van der Waals surface area contributed by atoms with Crippen molar-refractivity contribution in [3.05, 3.63) is 33.6 Å². The van der Waals surface area contributed by atoms with Gasteiger partial charge in [-0.2, -0.15) is 5.10 Å². The zero-order valence-corrected chi connectivity index (χ0v) is 14.4. The van der Waals surface area contributed by atoms with Gasteiger partial charge >= 0.3 is 5.97 Å². The van der Waals surface area contributed by atoms with Crippen LogP contribution in [0.2, 0.25) is 0 Å². The number of thiophene rings is 2. The molecule has 0 saturated carbocycles. The van der Waals surface area contributed by atoms with E-state index >= 15 is 0 Å². The van der Waals surface area contributed by atoms with Gasteiger partial charge in [0.25, 0.3) is 5.91 Å². The maximum absolute atomic E-state index is 12.4. The molecule has 1 amide bonds. The highest BCUT2D eigenvalue weighted by Crippen LogP contribution is 2.32. The molecule has 0 spiro atoms. The van der Waals surface area contributed by atoms with Crippen molar-refractivity contribution in [3.63, 3.8) is 0 Å². The molecule has 0 aliphatic heterocycles. The molecule has 6 nitrogen and oxygen atoms in total. The maximum Gasteiger partial charge on any atom is 0.336 e. The summed E-state index contributed by atoms with van der Waals surface area (Å²) in [4.78, 5) is 24.8. The molecule has 0 fully saturated rings. The van der Waals surface area contributed by atoms with Crippen molar-refractivity contribution >= 4 is 49.8 Å². The third-order valence-electron chi connectivity index (χ3n) is 3.39. The first kappa shape index (κ1) is 15.7. The molecule has 3 aromatic heterocycles. The number of rotatable bonds is 4. The monoisotopic (exact) mass is 349 g/mol. The van der Waals surface area contributed by atoms with Gasteiger partial charge in [-0.05, 0) is 18.1 Å². The van der Waals surface area contributed by atoms with Gasteiger partial charge < -0.3 is 10.4 Å². The van der Waals surface area contributed by atoms with Gasteiger partial charge in [-0.1, -0.05) is 13.8 Å². The number of carboxylic acid groups (broad SMARTS) is 1. The molecule has 0 aliphatic carbocycles. The number of anilines is 1. The number of fused-ring (bicyclic) bond motifs is 1. The van der Waals surface area contributed by atoms with Crippen LogP contribution in [-0.4, -0.2) is 26.8 Å². The number of aromatic nitrogens is 2. The highest BCUT2D eigenvalue weighted by molar-refractivity contribution is 7.20. The molecule has 0 unspecified atom stereocenters. The molecular weight excluding hydrogens is 334 g/mol. The second-order valence-corrected chi connectivity index (χ2v) is 7.39. The number of nitrogens with one attached hydrogen (secondary N) is 1. The van der Waals surface area contributed by atoms with E-state index in [4.69, 9.17) is 5.11 Å². The van der Waals surface area contributed by atoms with E-state index in [-0.39, 0.29) is 17.4 Å². The van der Waals surface area contributed by atoms with E-state index in [9.17, 15) is 9.59 Å². The Morgan fingerprint density at radius 3 is 2.70 bits per heavy atom. The van der Waals surface area contributed by atoms with Crippen molar-refractivity contribution in [2.75, 3.05) is 5.32 Å². The Kier molecular flexibility index (Phi) is 3.95. The molecule has 2 N–H and O–H groups in total. The summed E-state index contributed by atoms with van der Waals surface area (Å²) in [6.07, 6.45) is 0. The number of carbonyl (C=O) groups is 2. The van der Waals surface area contributed by atoms with Gasteiger partial charge in [-0.3, -0.25) is 9.48 Å². The van der Waals surface area contributed by atoms with E-state index < -0.39 is 5.97 Å². The first-order valence-electron chi connectivity index (χ1n) is 6.96. The third kappa shape index (κ3) is 2.87. The van der Waals surface area contributed by atoms with Crippen LogP contribution in [0, 0.1) is 0 Å². The first-order valence-corrected chi connectivity index (χ1v) is 8.66. The van der Waals surface area contributed by atoms with Gasteiger partial charge in [-0.25, -0.2) is 4.79 Å². The van der Waals surface area contributed by atoms with Crippen LogP contribution in [0.15, 0.2) is 17.5 Å². The van der Waals surface area contributed by atoms with Crippen LogP contribution in [0.3, 0.4) is 0 Å². The molecule has 23 heavy (non-hydrogen) atoms. The number of nitrogens with zero attached hydrogens (tertiary/aromatic N) is 2. The number of hydrogen-bond acceptors (Lipinski definition) is 5. The Labute approximate surface area is 140 Å². The third-order valence-corrected chi connectivity index (χ3v) is 5.44. The van der Waals surface area contributed by atoms with E-state index in [1.807, 2.05) is 13.1 Å². The number of hydrogen-bond donors (Lipinski definition) is 2. The Morgan fingerprint density at radius 1 is 1.35 bits per heavy atom. The lowest BCUT2D eigenvalue weighted by molar-refractivity contribution is 0.0697. The Hall–Kier alpha value is -2.19. The summed E-state index contributed by atoms with van der Waals surface area (Å²) < 4.78 is 1.79. The number of aromatic carboxylic acids is 1. The molecule has 0 aliphatic rings. The van der Waals surface area contributed by atoms with Gasteiger partial charge in [0.2, 0.25) is 0 Å². The molecule has 0 aromatic carbocycles. The standard InChI is InChI=1S/C15H15N3O3S2/c1-7(2)12-9-5-10(23-14(9)18(3)17-12)13(19)16-11-4-8(6-22-11)15(20)21/h4-7H,1-3H3,(H,16,19)(H,20,21). The zero-order valence-electron chi connectivity index (χ0n) is 12.8. The molecule has 120 valence electrons. The zero-order chi connectivity index (χ0) is 16.7. The Morgan fingerprint density at radius 2 is 2.09 bits per heavy atom. The fourth-order valence-corrected chi connectivity index (χ4v) is 4.04. The second kappa shape index (κ2) is 5.78. The van der Waals surface area contributed by atoms with Crippen LogP contribution in [0.1, 0.15) is 45.5 Å². The van der Waals surface area contributed by atoms with Gasteiger partial charge in [0, 0.05) is 17.8 Å². The van der Waals surface area contributed by atoms with Crippen molar-refractivity contribution in [2.24, 2.45) is 7.05 Å². The molecule has 8 heteroatoms. The minimum Gasteiger partial charge on any atom is -0.478 e. The topological polar surface area (TPSA) is 84.2 Å². The largest absolute Gasteiger partial charge is 0.478 e. The van der Waals surface area contributed by atoms with E-state index in [1.54, 1.807) is 4.68 Å². The number of carboxylic acids is 1. The second-order valence-electron chi connectivity index (χ2n) is 5.45. The van der Waals surface area contributed by atoms with Crippen molar-refractivity contribution in [2.45, 2.75) is 19.8 Å². The molecule has 3 heterocycles. The molecule has 3 aromatic rings. The van der Waals surface area contributed by atoms with Crippen LogP contribution >= 0.6 is 22.7 Å². The Bertz CT molecular complexity index is 904. The maximum atomic E-state index is 12.4. The molecule has 0 atom stereocenters. The molecule has 3 rings (SSSR count). The van der Waals surface area contributed by atoms with Gasteiger partial charge in [0.05, 0.1) is 21.1 Å². The van der Waals surface area contributed by atoms with Crippen molar-refractivity contribution in [1.29, 1.82) is 0 Å². The Balaban J connectivity index is 1.88. The van der Waals surface area contributed by atoms with Crippen molar-refractivity contribution in [1.82, 2.24) is 9.78 Å². The van der Waals surface area contributed by atoms with Crippen LogP contribution in [0.25, 0.3) is 10.2 Å². The summed E-state index contributed by atoms with van der Waals surface area (Å²) in [5.41, 5.74) is 1.15. The predicted octanol–water partition coefficient (Wildman–Crippen LogP) is 3.77. The van der Waals surface area contributed by atoms with Gasteiger partial charge in [-0.15, -0.1) is 22.7 Å². The molecular formula is C15H15N3O3S2. The van der Waals surface area contributed by atoms with E-state index in [0.717, 1.165) is 15.9 Å². The average Bonchev–Trinajstić information content (AvgIpc) is 3.15. The fraction of sp³-hybridized carbons (Fsp3) is 0.267. The van der Waals surface area contributed by atoms with Gasteiger partial charge in [0.1, 0.15) is 4.83 Å². The lowest BCUT2D eigenvalue weighted by atomic mass is 10.1. The highest BCUT2D eigenvalue weighted by Gasteiger charge is 2.19. The quantitative estimate of drug-likeness (QED) is 0.751. The van der Waals surface area contributed by atoms with Crippen LogP contribution in [-0.2, 0) is 7.05 Å². The molecule has 0 radical (unpaired) electrons. The molecule has 0 bridgehead atoms. The summed E-state index contributed by atoms with van der Waals surface area (Å²) in [7, 11) is 1.87. The SMILES string of the molecule is CC(C)c1nn(C)c2sc(C(=O)Nc3cc(C(=O)O)cs3)cc12. The van der Waals surface area contributed by atoms with Crippen LogP contribution in [0.5, 0.6) is 0 Å². The fourth-order valence-electron chi connectivity index (χ4n) is 2.29. The number of aryl methyl sites for hydroxylation is 1. The summed E-state index contributed by atoms with van der Waals surface area (Å²) in [6, 6.07) is 3.31. The van der Waals surface area contributed by atoms with Crippen molar-refractivity contribution in [3.8, 4) is 0 Å². The summed E-state index contributed by atoms with van der Waals surface area (Å²) in [5.74, 6) is -0.962.